The van der Waals surface area contributed by atoms with Gasteiger partial charge in [0.1, 0.15) is 11.3 Å². The first kappa shape index (κ1) is 22.1. The quantitative estimate of drug-likeness (QED) is 0.638. The molecule has 6 nitrogen and oxygen atoms in total. The fraction of sp³-hybridized carbons (Fsp3) is 0.560. The Hall–Kier alpha value is -2.15. The van der Waals surface area contributed by atoms with E-state index in [9.17, 15) is 4.79 Å². The van der Waals surface area contributed by atoms with Gasteiger partial charge in [-0.15, -0.1) is 0 Å². The summed E-state index contributed by atoms with van der Waals surface area (Å²) in [5.74, 6) is 0.944. The van der Waals surface area contributed by atoms with Crippen LogP contribution in [-0.4, -0.2) is 51.3 Å². The molecular formula is C25H33NO5. The van der Waals surface area contributed by atoms with Crippen molar-refractivity contribution in [2.45, 2.75) is 56.8 Å². The summed E-state index contributed by atoms with van der Waals surface area (Å²) in [5, 5.41) is 5.75. The molecule has 2 aliphatic rings. The van der Waals surface area contributed by atoms with Crippen molar-refractivity contribution in [1.82, 2.24) is 5.32 Å². The van der Waals surface area contributed by atoms with E-state index in [1.165, 1.54) is 10.9 Å². The van der Waals surface area contributed by atoms with Crippen LogP contribution < -0.4 is 10.1 Å². The topological polar surface area (TPSA) is 66.0 Å². The van der Waals surface area contributed by atoms with Crippen molar-refractivity contribution >= 4 is 16.7 Å². The molecule has 31 heavy (non-hydrogen) atoms. The zero-order valence-corrected chi connectivity index (χ0v) is 18.5. The second-order valence-corrected chi connectivity index (χ2v) is 8.45. The van der Waals surface area contributed by atoms with Gasteiger partial charge < -0.3 is 24.3 Å². The van der Waals surface area contributed by atoms with Crippen LogP contribution >= 0.6 is 0 Å². The van der Waals surface area contributed by atoms with Crippen LogP contribution in [-0.2, 0) is 19.0 Å². The van der Waals surface area contributed by atoms with E-state index in [0.717, 1.165) is 49.8 Å². The summed E-state index contributed by atoms with van der Waals surface area (Å²) in [5.41, 5.74) is 0.715. The number of hydrogen-bond acceptors (Lipinski definition) is 6. The Bertz CT molecular complexity index is 885. The van der Waals surface area contributed by atoms with Gasteiger partial charge in [0.15, 0.2) is 6.29 Å². The highest BCUT2D eigenvalue weighted by Crippen LogP contribution is 2.33. The molecule has 0 unspecified atom stereocenters. The third kappa shape index (κ3) is 4.86. The number of ether oxygens (including phenoxy) is 4. The zero-order chi connectivity index (χ0) is 21.7. The molecule has 1 atom stereocenters. The number of nitrogens with one attached hydrogen (secondary N) is 1. The summed E-state index contributed by atoms with van der Waals surface area (Å²) in [7, 11) is 1.69. The van der Waals surface area contributed by atoms with Gasteiger partial charge >= 0.3 is 5.97 Å². The van der Waals surface area contributed by atoms with Crippen LogP contribution in [0.15, 0.2) is 36.4 Å². The molecule has 168 valence electrons. The van der Waals surface area contributed by atoms with Crippen LogP contribution in [0.2, 0.25) is 0 Å². The van der Waals surface area contributed by atoms with Crippen LogP contribution in [0.4, 0.5) is 0 Å². The number of fused-ring (bicyclic) bond motifs is 1. The third-order valence-electron chi connectivity index (χ3n) is 6.48. The molecule has 4 rings (SSSR count). The Morgan fingerprint density at radius 3 is 2.77 bits per heavy atom. The van der Waals surface area contributed by atoms with E-state index < -0.39 is 5.54 Å². The molecule has 0 radical (unpaired) electrons. The molecule has 2 aromatic carbocycles. The maximum atomic E-state index is 12.4. The van der Waals surface area contributed by atoms with Gasteiger partial charge in [-0.25, -0.2) is 0 Å². The van der Waals surface area contributed by atoms with Gasteiger partial charge in [0, 0.05) is 5.92 Å². The largest absolute Gasteiger partial charge is 0.497 e. The van der Waals surface area contributed by atoms with Crippen molar-refractivity contribution in [1.29, 1.82) is 0 Å². The summed E-state index contributed by atoms with van der Waals surface area (Å²) in [6.45, 7) is 4.41. The fourth-order valence-electron chi connectivity index (χ4n) is 4.79. The van der Waals surface area contributed by atoms with Gasteiger partial charge in [-0.2, -0.15) is 0 Å². The first-order chi connectivity index (χ1) is 15.1. The Labute approximate surface area is 184 Å². The van der Waals surface area contributed by atoms with Gasteiger partial charge in [0.2, 0.25) is 0 Å². The van der Waals surface area contributed by atoms with Gasteiger partial charge in [0.05, 0.1) is 26.9 Å². The van der Waals surface area contributed by atoms with Gasteiger partial charge in [-0.3, -0.25) is 4.79 Å². The van der Waals surface area contributed by atoms with Crippen molar-refractivity contribution in [3.8, 4) is 5.75 Å². The van der Waals surface area contributed by atoms with Crippen LogP contribution in [0.3, 0.4) is 0 Å². The molecule has 0 amide bonds. The number of carbonyl (C=O) groups excluding carboxylic acids is 1. The second-order valence-electron chi connectivity index (χ2n) is 8.45. The molecule has 0 saturated carbocycles. The van der Waals surface area contributed by atoms with E-state index in [-0.39, 0.29) is 18.2 Å². The molecule has 2 aliphatic heterocycles. The summed E-state index contributed by atoms with van der Waals surface area (Å²) in [4.78, 5) is 12.4. The minimum absolute atomic E-state index is 0.120. The molecule has 2 fully saturated rings. The van der Waals surface area contributed by atoms with Crippen molar-refractivity contribution < 1.29 is 23.7 Å². The van der Waals surface area contributed by atoms with Crippen molar-refractivity contribution in [3.63, 3.8) is 0 Å². The normalized spacial score (nSPS) is 26.1. The summed E-state index contributed by atoms with van der Waals surface area (Å²) in [6, 6.07) is 12.5. The van der Waals surface area contributed by atoms with E-state index in [2.05, 4.69) is 35.6 Å². The van der Waals surface area contributed by atoms with E-state index in [1.807, 2.05) is 13.0 Å². The second kappa shape index (κ2) is 9.98. The predicted octanol–water partition coefficient (Wildman–Crippen LogP) is 4.16. The first-order valence-electron chi connectivity index (χ1n) is 11.4. The van der Waals surface area contributed by atoms with Crippen LogP contribution in [0.5, 0.6) is 5.75 Å². The minimum atomic E-state index is -0.531. The van der Waals surface area contributed by atoms with Gasteiger partial charge in [0.25, 0.3) is 0 Å². The van der Waals surface area contributed by atoms with E-state index in [1.54, 1.807) is 7.11 Å². The lowest BCUT2D eigenvalue weighted by molar-refractivity contribution is -0.190. The highest BCUT2D eigenvalue weighted by Gasteiger charge is 2.42. The first-order valence-corrected chi connectivity index (χ1v) is 11.4. The Morgan fingerprint density at radius 2 is 2.06 bits per heavy atom. The van der Waals surface area contributed by atoms with Crippen LogP contribution in [0, 0.1) is 0 Å². The summed E-state index contributed by atoms with van der Waals surface area (Å²) in [6.07, 6.45) is 4.02. The predicted molar refractivity (Wildman–Crippen MR) is 119 cm³/mol. The lowest BCUT2D eigenvalue weighted by Gasteiger charge is -2.31. The van der Waals surface area contributed by atoms with Crippen LogP contribution in [0.25, 0.3) is 10.8 Å². The third-order valence-corrected chi connectivity index (χ3v) is 6.48. The molecule has 0 bridgehead atoms. The molecule has 0 aromatic heterocycles. The lowest BCUT2D eigenvalue weighted by Crippen LogP contribution is -2.48. The summed E-state index contributed by atoms with van der Waals surface area (Å²) < 4.78 is 22.8. The Balaban J connectivity index is 1.31. The molecule has 0 spiro atoms. The number of esters is 1. The van der Waals surface area contributed by atoms with E-state index in [0.29, 0.717) is 19.8 Å². The molecule has 1 N–H and O–H groups in total. The molecule has 2 saturated heterocycles. The number of hydrogen-bond donors (Lipinski definition) is 1. The van der Waals surface area contributed by atoms with E-state index in [4.69, 9.17) is 18.9 Å². The minimum Gasteiger partial charge on any atom is -0.497 e. The smallest absolute Gasteiger partial charge is 0.326 e. The Kier molecular flexibility index (Phi) is 7.10. The van der Waals surface area contributed by atoms with Crippen LogP contribution in [0.1, 0.15) is 50.5 Å². The zero-order valence-electron chi connectivity index (χ0n) is 18.5. The lowest BCUT2D eigenvalue weighted by atomic mass is 9.90. The highest BCUT2D eigenvalue weighted by molar-refractivity contribution is 5.87. The van der Waals surface area contributed by atoms with Crippen molar-refractivity contribution in [2.75, 3.05) is 33.5 Å². The standard InChI is InChI=1S/C25H33NO5/c1-3-29-24(27)25(13-6-14-26-25)12-5-9-23-30-16-19(17-31-23)21-8-4-7-18-15-20(28-2)10-11-22(18)21/h4,7-8,10-11,15,19,23,26H,3,5-6,9,12-14,16-17H2,1-2H3/t19?,23?,25-/m0/s1. The Morgan fingerprint density at radius 1 is 1.23 bits per heavy atom. The van der Waals surface area contributed by atoms with Crippen molar-refractivity contribution in [2.24, 2.45) is 0 Å². The average molecular weight is 428 g/mol. The van der Waals surface area contributed by atoms with Gasteiger partial charge in [-0.05, 0) is 74.0 Å². The molecule has 2 heterocycles. The maximum Gasteiger partial charge on any atom is 0.326 e. The molecule has 0 aliphatic carbocycles. The SMILES string of the molecule is CCOC(=O)[C@]1(CCCC2OCC(c3cccc4cc(OC)ccc34)CO2)CCCN1. The molecule has 2 aromatic rings. The number of rotatable bonds is 8. The number of benzene rings is 2. The van der Waals surface area contributed by atoms with Gasteiger partial charge in [-0.1, -0.05) is 24.3 Å². The monoisotopic (exact) mass is 427 g/mol. The molecule has 6 heteroatoms. The van der Waals surface area contributed by atoms with E-state index >= 15 is 0 Å². The fourth-order valence-corrected chi connectivity index (χ4v) is 4.79. The average Bonchev–Trinajstić information content (AvgIpc) is 3.29. The number of methoxy groups -OCH3 is 1. The number of carbonyl (C=O) groups is 1. The maximum absolute atomic E-state index is 12.4. The molecular weight excluding hydrogens is 394 g/mol. The van der Waals surface area contributed by atoms with Crippen molar-refractivity contribution in [3.05, 3.63) is 42.0 Å². The summed E-state index contributed by atoms with van der Waals surface area (Å²) >= 11 is 0. The highest BCUT2D eigenvalue weighted by atomic mass is 16.7.